The molecule has 340 valence electrons. The summed E-state index contributed by atoms with van der Waals surface area (Å²) in [5.41, 5.74) is 9.31. The quantitative estimate of drug-likeness (QED) is 0.175. The summed E-state index contributed by atoms with van der Waals surface area (Å²) in [4.78, 5) is 80.7. The van der Waals surface area contributed by atoms with Gasteiger partial charge in [-0.25, -0.2) is 9.48 Å². The SMILES string of the molecule is NC(=O)c1c(-c2ccc(Oc3ccccc3)cc2)nn2c1NCC[C@H]2C1CCN(C2CN(C3CN(c4ccc5c(c4)C(=O)N(C4CCC(=O)NC4=O)C5=O)C3)C2)CC1.O=C(O)C(F)(F)F. The number of nitrogens with one attached hydrogen (secondary N) is 2. The number of piperidine rings is 2. The first kappa shape index (κ1) is 43.5. The highest BCUT2D eigenvalue weighted by atomic mass is 19.4. The lowest BCUT2D eigenvalue weighted by atomic mass is 9.85. The lowest BCUT2D eigenvalue weighted by molar-refractivity contribution is -0.192. The lowest BCUT2D eigenvalue weighted by Crippen LogP contribution is -2.70. The Bertz CT molecular complexity index is 2530. The molecule has 4 fully saturated rings. The van der Waals surface area contributed by atoms with Crippen molar-refractivity contribution in [2.24, 2.45) is 11.7 Å². The summed E-state index contributed by atoms with van der Waals surface area (Å²) in [6.45, 7) is 6.55. The van der Waals surface area contributed by atoms with Crippen molar-refractivity contribution in [1.29, 1.82) is 0 Å². The third-order valence-corrected chi connectivity index (χ3v) is 13.2. The highest BCUT2D eigenvalue weighted by Crippen LogP contribution is 2.41. The Hall–Kier alpha value is -6.80. The molecular weight excluding hydrogens is 852 g/mol. The average molecular weight is 898 g/mol. The number of carbonyl (C=O) groups excluding carboxylic acids is 5. The van der Waals surface area contributed by atoms with Crippen LogP contribution in [-0.4, -0.2) is 135 Å². The van der Waals surface area contributed by atoms with Gasteiger partial charge < -0.3 is 25.8 Å². The molecule has 4 saturated heterocycles. The number of benzene rings is 3. The molecule has 0 radical (unpaired) electrons. The van der Waals surface area contributed by atoms with E-state index in [1.54, 1.807) is 12.1 Å². The molecule has 6 aliphatic heterocycles. The Kier molecular flexibility index (Phi) is 11.6. The number of halogens is 3. The first-order valence-corrected chi connectivity index (χ1v) is 21.5. The zero-order chi connectivity index (χ0) is 45.7. The molecule has 0 saturated carbocycles. The summed E-state index contributed by atoms with van der Waals surface area (Å²) in [5.74, 6) is -2.62. The molecule has 0 bridgehead atoms. The number of carboxylic acids is 1. The second-order valence-corrected chi connectivity index (χ2v) is 17.1. The molecule has 1 unspecified atom stereocenters. The van der Waals surface area contributed by atoms with Crippen LogP contribution in [0, 0.1) is 5.92 Å². The molecule has 3 aromatic carbocycles. The van der Waals surface area contributed by atoms with Crippen LogP contribution in [0.5, 0.6) is 11.5 Å². The summed E-state index contributed by atoms with van der Waals surface area (Å²) in [5, 5.41) is 17.9. The van der Waals surface area contributed by atoms with E-state index >= 15 is 0 Å². The minimum atomic E-state index is -5.08. The normalized spacial score (nSPS) is 21.9. The Labute approximate surface area is 370 Å². The zero-order valence-electron chi connectivity index (χ0n) is 35.0. The third-order valence-electron chi connectivity index (χ3n) is 13.2. The molecule has 0 aliphatic carbocycles. The first-order chi connectivity index (χ1) is 31.1. The summed E-state index contributed by atoms with van der Waals surface area (Å²) in [6.07, 6.45) is -1.80. The second-order valence-electron chi connectivity index (χ2n) is 17.1. The van der Waals surface area contributed by atoms with Crippen molar-refractivity contribution in [2.75, 3.05) is 56.0 Å². The molecule has 2 atom stereocenters. The average Bonchev–Trinajstić information content (AvgIpc) is 3.76. The van der Waals surface area contributed by atoms with Gasteiger partial charge in [0, 0.05) is 62.5 Å². The van der Waals surface area contributed by atoms with Crippen LogP contribution in [0.4, 0.5) is 24.7 Å². The number of carbonyl (C=O) groups is 6. The van der Waals surface area contributed by atoms with Gasteiger partial charge in [0.1, 0.15) is 34.6 Å². The van der Waals surface area contributed by atoms with Crippen LogP contribution < -0.4 is 26.0 Å². The molecule has 4 aromatic rings. The number of hydrogen-bond acceptors (Lipinski definition) is 12. The molecule has 1 aromatic heterocycles. The number of nitrogens with zero attached hydrogens (tertiary/aromatic N) is 6. The number of nitrogens with two attached hydrogens (primary N) is 1. The smallest absolute Gasteiger partial charge is 0.475 e. The highest BCUT2D eigenvalue weighted by Gasteiger charge is 2.47. The van der Waals surface area contributed by atoms with Crippen LogP contribution >= 0.6 is 0 Å². The number of anilines is 2. The van der Waals surface area contributed by atoms with Crippen molar-refractivity contribution >= 4 is 47.0 Å². The van der Waals surface area contributed by atoms with Crippen LogP contribution in [0.15, 0.2) is 72.8 Å². The fourth-order valence-corrected chi connectivity index (χ4v) is 9.72. The van der Waals surface area contributed by atoms with E-state index in [0.29, 0.717) is 52.0 Å². The Morgan fingerprint density at radius 1 is 0.800 bits per heavy atom. The number of para-hydroxylation sites is 1. The maximum absolute atomic E-state index is 13.3. The maximum atomic E-state index is 13.3. The fraction of sp³-hybridized carbons (Fsp3) is 0.400. The topological polar surface area (TPSA) is 213 Å². The van der Waals surface area contributed by atoms with E-state index < -0.39 is 47.7 Å². The van der Waals surface area contributed by atoms with Gasteiger partial charge in [-0.1, -0.05) is 18.2 Å². The molecule has 7 heterocycles. The van der Waals surface area contributed by atoms with Gasteiger partial charge in [0.15, 0.2) is 0 Å². The number of carboxylic acid groups (broad SMARTS) is 1. The molecule has 5 N–H and O–H groups in total. The monoisotopic (exact) mass is 897 g/mol. The third kappa shape index (κ3) is 8.50. The highest BCUT2D eigenvalue weighted by molar-refractivity contribution is 6.23. The van der Waals surface area contributed by atoms with E-state index in [1.807, 2.05) is 65.3 Å². The number of rotatable bonds is 9. The van der Waals surface area contributed by atoms with E-state index in [1.165, 1.54) is 0 Å². The van der Waals surface area contributed by atoms with Crippen molar-refractivity contribution in [1.82, 2.24) is 29.8 Å². The summed E-state index contributed by atoms with van der Waals surface area (Å²) >= 11 is 0. The fourth-order valence-electron chi connectivity index (χ4n) is 9.72. The minimum absolute atomic E-state index is 0.0937. The van der Waals surface area contributed by atoms with Crippen molar-refractivity contribution in [3.8, 4) is 22.8 Å². The van der Waals surface area contributed by atoms with E-state index in [2.05, 4.69) is 25.3 Å². The molecule has 6 aliphatic rings. The zero-order valence-corrected chi connectivity index (χ0v) is 35.0. The van der Waals surface area contributed by atoms with Gasteiger partial charge >= 0.3 is 12.1 Å². The predicted octanol–water partition coefficient (Wildman–Crippen LogP) is 4.12. The first-order valence-electron chi connectivity index (χ1n) is 21.5. The number of alkyl halides is 3. The van der Waals surface area contributed by atoms with Crippen molar-refractivity contribution in [3.05, 3.63) is 89.5 Å². The van der Waals surface area contributed by atoms with E-state index in [4.69, 9.17) is 25.5 Å². The predicted molar refractivity (Wildman–Crippen MR) is 227 cm³/mol. The van der Waals surface area contributed by atoms with Gasteiger partial charge in [0.05, 0.1) is 17.2 Å². The molecule has 0 spiro atoms. The van der Waals surface area contributed by atoms with Crippen LogP contribution in [-0.2, 0) is 14.4 Å². The van der Waals surface area contributed by atoms with Crippen molar-refractivity contribution in [2.45, 2.75) is 62.4 Å². The minimum Gasteiger partial charge on any atom is -0.475 e. The number of aromatic nitrogens is 2. The number of aliphatic carboxylic acids is 1. The summed E-state index contributed by atoms with van der Waals surface area (Å²) < 4.78 is 39.7. The van der Waals surface area contributed by atoms with Gasteiger partial charge in [-0.2, -0.15) is 18.3 Å². The Balaban J connectivity index is 0.000000706. The standard InChI is InChI=1S/C43H45N9O6.C2HF3O2/c44-39(54)37-38(26-6-9-31(10-7-26)58-30-4-2-1-3-5-30)47-52-34(14-17-45-40(37)52)25-15-18-48(19-16-25)28-21-50(22-28)29-23-49(24-29)27-8-11-32-33(20-27)43(57)51(42(32)56)35-12-13-36(53)46-41(35)55;3-2(4,5)1(6)7/h1-11,20,25,28-29,34-35,45H,12-19,21-24H2,(H2,44,54)(H,46,53,55);(H,6,7)/t34-,35?;/m0./s1. The van der Waals surface area contributed by atoms with Crippen LogP contribution in [0.1, 0.15) is 69.2 Å². The number of imide groups is 2. The number of fused-ring (bicyclic) bond motifs is 2. The van der Waals surface area contributed by atoms with Gasteiger partial charge in [-0.05, 0) is 99.3 Å². The maximum Gasteiger partial charge on any atom is 0.490 e. The molecular formula is C45H46F3N9O8. The largest absolute Gasteiger partial charge is 0.490 e. The number of ether oxygens (including phenoxy) is 1. The van der Waals surface area contributed by atoms with Crippen LogP contribution in [0.2, 0.25) is 0 Å². The molecule has 20 heteroatoms. The molecule has 65 heavy (non-hydrogen) atoms. The number of primary amides is 1. The van der Waals surface area contributed by atoms with E-state index in [0.717, 1.165) is 87.0 Å². The van der Waals surface area contributed by atoms with Gasteiger partial charge in [-0.15, -0.1) is 0 Å². The van der Waals surface area contributed by atoms with Crippen molar-refractivity contribution < 1.29 is 51.8 Å². The molecule has 17 nitrogen and oxygen atoms in total. The van der Waals surface area contributed by atoms with Gasteiger partial charge in [0.25, 0.3) is 17.7 Å². The Morgan fingerprint density at radius 2 is 1.45 bits per heavy atom. The second kappa shape index (κ2) is 17.3. The van der Waals surface area contributed by atoms with Crippen LogP contribution in [0.25, 0.3) is 11.3 Å². The summed E-state index contributed by atoms with van der Waals surface area (Å²) in [6, 6.07) is 22.7. The Morgan fingerprint density at radius 3 is 2.09 bits per heavy atom. The van der Waals surface area contributed by atoms with Crippen LogP contribution in [0.3, 0.4) is 0 Å². The summed E-state index contributed by atoms with van der Waals surface area (Å²) in [7, 11) is 0. The van der Waals surface area contributed by atoms with E-state index in [9.17, 15) is 37.1 Å². The van der Waals surface area contributed by atoms with E-state index in [-0.39, 0.29) is 18.9 Å². The lowest BCUT2D eigenvalue weighted by Gasteiger charge is -2.55. The molecule has 10 rings (SSSR count). The number of amides is 5. The van der Waals surface area contributed by atoms with Crippen molar-refractivity contribution in [3.63, 3.8) is 0 Å². The molecule has 5 amide bonds. The van der Waals surface area contributed by atoms with Gasteiger partial charge in [0.2, 0.25) is 11.8 Å². The van der Waals surface area contributed by atoms with Gasteiger partial charge in [-0.3, -0.25) is 44.0 Å². The number of hydrogen-bond donors (Lipinski definition) is 4. The number of likely N-dealkylation sites (tertiary alicyclic amines) is 2.